The zero-order valence-electron chi connectivity index (χ0n) is 8.38. The normalized spacial score (nSPS) is 21.2. The van der Waals surface area contributed by atoms with Gasteiger partial charge in [-0.1, -0.05) is 6.07 Å². The molecule has 14 heavy (non-hydrogen) atoms. The summed E-state index contributed by atoms with van der Waals surface area (Å²) in [6, 6.07) is 6.21. The highest BCUT2D eigenvalue weighted by Gasteiger charge is 2.47. The number of methoxy groups -OCH3 is 1. The average Bonchev–Trinajstić information content (AvgIpc) is 2.99. The van der Waals surface area contributed by atoms with E-state index in [1.54, 1.807) is 7.11 Å². The first-order valence-corrected chi connectivity index (χ1v) is 5.15. The van der Waals surface area contributed by atoms with Gasteiger partial charge in [0.2, 0.25) is 0 Å². The summed E-state index contributed by atoms with van der Waals surface area (Å²) in [5.74, 6) is 1.93. The molecule has 1 aliphatic heterocycles. The lowest BCUT2D eigenvalue weighted by Crippen LogP contribution is -2.19. The highest BCUT2D eigenvalue weighted by atomic mass is 16.5. The maximum absolute atomic E-state index is 5.66. The topological polar surface area (TPSA) is 18.5 Å². The molecule has 1 heterocycles. The fourth-order valence-corrected chi connectivity index (χ4v) is 2.35. The smallest absolute Gasteiger partial charge is 0.126 e. The van der Waals surface area contributed by atoms with Crippen molar-refractivity contribution in [3.63, 3.8) is 0 Å². The molecule has 1 aromatic rings. The number of fused-ring (bicyclic) bond motifs is 2. The average molecular weight is 190 g/mol. The standard InChI is InChI=1S/C12H14O2/c1-13-9-2-3-10-11(8-9)14-7-6-12(10)4-5-12/h2-3,8H,4-7H2,1H3. The monoisotopic (exact) mass is 190 g/mol. The molecule has 0 N–H and O–H groups in total. The van der Waals surface area contributed by atoms with Crippen molar-refractivity contribution >= 4 is 0 Å². The molecule has 2 aliphatic rings. The van der Waals surface area contributed by atoms with Gasteiger partial charge in [0.05, 0.1) is 13.7 Å². The van der Waals surface area contributed by atoms with E-state index in [1.165, 1.54) is 24.8 Å². The van der Waals surface area contributed by atoms with E-state index in [1.807, 2.05) is 12.1 Å². The van der Waals surface area contributed by atoms with Crippen LogP contribution in [0.4, 0.5) is 0 Å². The van der Waals surface area contributed by atoms with Crippen molar-refractivity contribution < 1.29 is 9.47 Å². The molecule has 3 rings (SSSR count). The number of ether oxygens (including phenoxy) is 2. The maximum atomic E-state index is 5.66. The second kappa shape index (κ2) is 2.66. The van der Waals surface area contributed by atoms with Crippen molar-refractivity contribution in [1.29, 1.82) is 0 Å². The Kier molecular flexibility index (Phi) is 1.55. The molecular formula is C12H14O2. The molecule has 0 amide bonds. The molecule has 1 aromatic carbocycles. The van der Waals surface area contributed by atoms with Crippen molar-refractivity contribution in [2.24, 2.45) is 0 Å². The van der Waals surface area contributed by atoms with Gasteiger partial charge in [-0.3, -0.25) is 0 Å². The lowest BCUT2D eigenvalue weighted by molar-refractivity contribution is 0.258. The van der Waals surface area contributed by atoms with Gasteiger partial charge in [-0.2, -0.15) is 0 Å². The van der Waals surface area contributed by atoms with E-state index in [0.717, 1.165) is 18.1 Å². The van der Waals surface area contributed by atoms with E-state index in [2.05, 4.69) is 6.07 Å². The van der Waals surface area contributed by atoms with Crippen LogP contribution in [0, 0.1) is 0 Å². The number of hydrogen-bond acceptors (Lipinski definition) is 2. The Balaban J connectivity index is 2.07. The second-order valence-electron chi connectivity index (χ2n) is 4.24. The van der Waals surface area contributed by atoms with Gasteiger partial charge < -0.3 is 9.47 Å². The van der Waals surface area contributed by atoms with Crippen LogP contribution in [-0.4, -0.2) is 13.7 Å². The SMILES string of the molecule is COc1ccc2c(c1)OCCC21CC1. The van der Waals surface area contributed by atoms with E-state index >= 15 is 0 Å². The molecule has 2 nitrogen and oxygen atoms in total. The van der Waals surface area contributed by atoms with Crippen LogP contribution in [0.3, 0.4) is 0 Å². The first kappa shape index (κ1) is 8.16. The Labute approximate surface area is 83.8 Å². The summed E-state index contributed by atoms with van der Waals surface area (Å²) in [7, 11) is 1.69. The molecule has 1 fully saturated rings. The minimum Gasteiger partial charge on any atom is -0.497 e. The van der Waals surface area contributed by atoms with Crippen molar-refractivity contribution in [1.82, 2.24) is 0 Å². The molecule has 0 saturated heterocycles. The van der Waals surface area contributed by atoms with E-state index in [4.69, 9.17) is 9.47 Å². The molecular weight excluding hydrogens is 176 g/mol. The van der Waals surface area contributed by atoms with Gasteiger partial charge in [0.1, 0.15) is 11.5 Å². The lowest BCUT2D eigenvalue weighted by Gasteiger charge is -2.25. The van der Waals surface area contributed by atoms with Gasteiger partial charge in [-0.05, 0) is 25.3 Å². The molecule has 2 heteroatoms. The molecule has 1 aliphatic carbocycles. The van der Waals surface area contributed by atoms with Crippen LogP contribution in [0.5, 0.6) is 11.5 Å². The van der Waals surface area contributed by atoms with Crippen LogP contribution in [-0.2, 0) is 5.41 Å². The predicted octanol–water partition coefficient (Wildman–Crippen LogP) is 2.51. The van der Waals surface area contributed by atoms with Crippen molar-refractivity contribution in [2.45, 2.75) is 24.7 Å². The van der Waals surface area contributed by atoms with Crippen molar-refractivity contribution in [3.8, 4) is 11.5 Å². The third-order valence-electron chi connectivity index (χ3n) is 3.45. The Bertz CT molecular complexity index is 367. The predicted molar refractivity (Wildman–Crippen MR) is 54.0 cm³/mol. The van der Waals surface area contributed by atoms with Crippen LogP contribution < -0.4 is 9.47 Å². The van der Waals surface area contributed by atoms with Crippen molar-refractivity contribution in [3.05, 3.63) is 23.8 Å². The molecule has 0 aromatic heterocycles. The highest BCUT2D eigenvalue weighted by molar-refractivity contribution is 5.48. The molecule has 0 radical (unpaired) electrons. The first-order chi connectivity index (χ1) is 6.84. The van der Waals surface area contributed by atoms with E-state index in [-0.39, 0.29) is 0 Å². The van der Waals surface area contributed by atoms with Gasteiger partial charge in [-0.15, -0.1) is 0 Å². The quantitative estimate of drug-likeness (QED) is 0.677. The Morgan fingerprint density at radius 1 is 1.29 bits per heavy atom. The lowest BCUT2D eigenvalue weighted by atomic mass is 9.90. The molecule has 1 saturated carbocycles. The molecule has 0 unspecified atom stereocenters. The molecule has 1 spiro atoms. The minimum absolute atomic E-state index is 0.472. The van der Waals surface area contributed by atoms with Gasteiger partial charge in [-0.25, -0.2) is 0 Å². The summed E-state index contributed by atoms with van der Waals surface area (Å²) < 4.78 is 10.9. The second-order valence-corrected chi connectivity index (χ2v) is 4.24. The number of hydrogen-bond donors (Lipinski definition) is 0. The summed E-state index contributed by atoms with van der Waals surface area (Å²) >= 11 is 0. The van der Waals surface area contributed by atoms with Gasteiger partial charge in [0.25, 0.3) is 0 Å². The van der Waals surface area contributed by atoms with E-state index < -0.39 is 0 Å². The Morgan fingerprint density at radius 2 is 2.14 bits per heavy atom. The largest absolute Gasteiger partial charge is 0.497 e. The summed E-state index contributed by atoms with van der Waals surface area (Å²) in [6.07, 6.45) is 3.84. The molecule has 0 atom stereocenters. The Hall–Kier alpha value is -1.18. The third kappa shape index (κ3) is 1.03. The zero-order chi connectivity index (χ0) is 9.60. The third-order valence-corrected chi connectivity index (χ3v) is 3.45. The van der Waals surface area contributed by atoms with Crippen LogP contribution in [0.25, 0.3) is 0 Å². The van der Waals surface area contributed by atoms with Crippen LogP contribution in [0.15, 0.2) is 18.2 Å². The highest BCUT2D eigenvalue weighted by Crippen LogP contribution is 2.56. The summed E-state index contributed by atoms with van der Waals surface area (Å²) in [5.41, 5.74) is 1.87. The van der Waals surface area contributed by atoms with Gasteiger partial charge in [0, 0.05) is 17.0 Å². The van der Waals surface area contributed by atoms with Crippen molar-refractivity contribution in [2.75, 3.05) is 13.7 Å². The van der Waals surface area contributed by atoms with Gasteiger partial charge in [0.15, 0.2) is 0 Å². The van der Waals surface area contributed by atoms with Gasteiger partial charge >= 0.3 is 0 Å². The summed E-state index contributed by atoms with van der Waals surface area (Å²) in [4.78, 5) is 0. The fraction of sp³-hybridized carbons (Fsp3) is 0.500. The summed E-state index contributed by atoms with van der Waals surface area (Å²) in [6.45, 7) is 0.861. The fourth-order valence-electron chi connectivity index (χ4n) is 2.35. The van der Waals surface area contributed by atoms with Crippen LogP contribution in [0.1, 0.15) is 24.8 Å². The first-order valence-electron chi connectivity index (χ1n) is 5.15. The zero-order valence-corrected chi connectivity index (χ0v) is 8.38. The van der Waals surface area contributed by atoms with Crippen LogP contribution in [0.2, 0.25) is 0 Å². The van der Waals surface area contributed by atoms with Crippen LogP contribution >= 0.6 is 0 Å². The number of benzene rings is 1. The minimum atomic E-state index is 0.472. The number of rotatable bonds is 1. The summed E-state index contributed by atoms with van der Waals surface area (Å²) in [5, 5.41) is 0. The Morgan fingerprint density at radius 3 is 2.86 bits per heavy atom. The van der Waals surface area contributed by atoms with E-state index in [9.17, 15) is 0 Å². The molecule has 0 bridgehead atoms. The molecule has 74 valence electrons. The van der Waals surface area contributed by atoms with E-state index in [0.29, 0.717) is 5.41 Å². The maximum Gasteiger partial charge on any atom is 0.126 e.